The second-order valence-electron chi connectivity index (χ2n) is 4.31. The number of halogens is 4. The van der Waals surface area contributed by atoms with Crippen molar-refractivity contribution in [1.82, 2.24) is 5.43 Å². The van der Waals surface area contributed by atoms with Gasteiger partial charge in [-0.2, -0.15) is 0 Å². The van der Waals surface area contributed by atoms with Gasteiger partial charge in [-0.1, -0.05) is 29.8 Å². The minimum absolute atomic E-state index is 0.0352. The average Bonchev–Trinajstić information content (AvgIpc) is 2.43. The zero-order valence-corrected chi connectivity index (χ0v) is 12.7. The van der Waals surface area contributed by atoms with Crippen LogP contribution in [0.15, 0.2) is 40.9 Å². The van der Waals surface area contributed by atoms with E-state index in [9.17, 15) is 8.78 Å². The van der Waals surface area contributed by atoms with Crippen LogP contribution in [0.4, 0.5) is 8.78 Å². The van der Waals surface area contributed by atoms with Crippen molar-refractivity contribution >= 4 is 27.5 Å². The first-order valence-corrected chi connectivity index (χ1v) is 7.04. The molecule has 0 saturated carbocycles. The molecular formula is C14H12BrClF2N2. The summed E-state index contributed by atoms with van der Waals surface area (Å²) >= 11 is 8.87. The van der Waals surface area contributed by atoms with E-state index in [1.54, 1.807) is 24.3 Å². The van der Waals surface area contributed by atoms with Crippen LogP contribution >= 0.6 is 27.5 Å². The highest BCUT2D eigenvalue weighted by atomic mass is 79.9. The van der Waals surface area contributed by atoms with Crippen molar-refractivity contribution in [2.45, 2.75) is 12.5 Å². The smallest absolute Gasteiger partial charge is 0.142 e. The average molecular weight is 362 g/mol. The molecule has 1 unspecified atom stereocenters. The largest absolute Gasteiger partial charge is 0.271 e. The first kappa shape index (κ1) is 15.4. The first-order valence-electron chi connectivity index (χ1n) is 5.87. The van der Waals surface area contributed by atoms with Crippen LogP contribution in [0.2, 0.25) is 5.02 Å². The molecule has 0 aliphatic rings. The lowest BCUT2D eigenvalue weighted by molar-refractivity contribution is 0.507. The summed E-state index contributed by atoms with van der Waals surface area (Å²) in [5.41, 5.74) is 3.77. The molecule has 0 bridgehead atoms. The van der Waals surface area contributed by atoms with Gasteiger partial charge < -0.3 is 0 Å². The van der Waals surface area contributed by atoms with E-state index < -0.39 is 11.9 Å². The summed E-state index contributed by atoms with van der Waals surface area (Å²) < 4.78 is 27.5. The van der Waals surface area contributed by atoms with Crippen molar-refractivity contribution in [2.24, 2.45) is 5.84 Å². The van der Waals surface area contributed by atoms with Crippen molar-refractivity contribution in [2.75, 3.05) is 0 Å². The molecule has 3 N–H and O–H groups in total. The Bertz CT molecular complexity index is 622. The minimum Gasteiger partial charge on any atom is -0.271 e. The van der Waals surface area contributed by atoms with Gasteiger partial charge in [0.25, 0.3) is 0 Å². The van der Waals surface area contributed by atoms with Gasteiger partial charge in [0.15, 0.2) is 0 Å². The zero-order valence-electron chi connectivity index (χ0n) is 10.3. The maximum absolute atomic E-state index is 14.1. The molecule has 20 heavy (non-hydrogen) atoms. The van der Waals surface area contributed by atoms with E-state index >= 15 is 0 Å². The fraction of sp³-hybridized carbons (Fsp3) is 0.143. The number of hydrazine groups is 1. The minimum atomic E-state index is -0.485. The highest BCUT2D eigenvalue weighted by Crippen LogP contribution is 2.27. The second-order valence-corrected chi connectivity index (χ2v) is 5.58. The Hall–Kier alpha value is -1.01. The summed E-state index contributed by atoms with van der Waals surface area (Å²) in [5, 5.41) is 0.0352. The van der Waals surface area contributed by atoms with Gasteiger partial charge >= 0.3 is 0 Å². The van der Waals surface area contributed by atoms with E-state index in [0.29, 0.717) is 16.5 Å². The quantitative estimate of drug-likeness (QED) is 0.635. The lowest BCUT2D eigenvalue weighted by Crippen LogP contribution is -2.30. The Labute approximate surface area is 129 Å². The standard InChI is InChI=1S/C14H12BrClF2N2/c15-10-3-1-2-9(14(10)18)13(20-19)7-8-4-5-12(17)11(16)6-8/h1-6,13,20H,7,19H2. The van der Waals surface area contributed by atoms with Gasteiger partial charge in [0.05, 0.1) is 15.5 Å². The summed E-state index contributed by atoms with van der Waals surface area (Å²) in [7, 11) is 0. The predicted octanol–water partition coefficient (Wildman–Crippen LogP) is 4.13. The maximum atomic E-state index is 14.1. The molecule has 0 amide bonds. The van der Waals surface area contributed by atoms with Gasteiger partial charge in [-0.05, 0) is 46.1 Å². The van der Waals surface area contributed by atoms with E-state index in [-0.39, 0.29) is 10.8 Å². The van der Waals surface area contributed by atoms with E-state index in [0.717, 1.165) is 5.56 Å². The van der Waals surface area contributed by atoms with E-state index in [4.69, 9.17) is 17.4 Å². The highest BCUT2D eigenvalue weighted by Gasteiger charge is 2.17. The molecule has 0 saturated heterocycles. The fourth-order valence-corrected chi connectivity index (χ4v) is 2.54. The Morgan fingerprint density at radius 3 is 2.65 bits per heavy atom. The van der Waals surface area contributed by atoms with Gasteiger partial charge in [0.1, 0.15) is 11.6 Å². The fourth-order valence-electron chi connectivity index (χ4n) is 1.95. The van der Waals surface area contributed by atoms with Crippen LogP contribution in [-0.4, -0.2) is 0 Å². The number of nitrogens with two attached hydrogens (primary N) is 1. The molecule has 2 aromatic carbocycles. The van der Waals surface area contributed by atoms with E-state index in [2.05, 4.69) is 21.4 Å². The van der Waals surface area contributed by atoms with Gasteiger partial charge in [0, 0.05) is 5.56 Å². The molecule has 0 aromatic heterocycles. The van der Waals surface area contributed by atoms with Crippen LogP contribution in [0.1, 0.15) is 17.2 Å². The Morgan fingerprint density at radius 1 is 1.25 bits per heavy atom. The second kappa shape index (κ2) is 6.63. The molecule has 2 rings (SSSR count). The Kier molecular flexibility index (Phi) is 5.10. The molecule has 2 aromatic rings. The zero-order chi connectivity index (χ0) is 14.7. The van der Waals surface area contributed by atoms with Gasteiger partial charge in [0.2, 0.25) is 0 Å². The summed E-state index contributed by atoms with van der Waals surface area (Å²) in [6, 6.07) is 8.94. The third-order valence-corrected chi connectivity index (χ3v) is 3.88. The van der Waals surface area contributed by atoms with Gasteiger partial charge in [-0.25, -0.2) is 8.78 Å². The highest BCUT2D eigenvalue weighted by molar-refractivity contribution is 9.10. The predicted molar refractivity (Wildman–Crippen MR) is 79.3 cm³/mol. The van der Waals surface area contributed by atoms with Crippen LogP contribution in [0.5, 0.6) is 0 Å². The van der Waals surface area contributed by atoms with E-state index in [1.165, 1.54) is 12.1 Å². The van der Waals surface area contributed by atoms with Gasteiger partial charge in [-0.3, -0.25) is 11.3 Å². The molecule has 1 atom stereocenters. The maximum Gasteiger partial charge on any atom is 0.142 e. The summed E-state index contributed by atoms with van der Waals surface area (Å²) in [6.45, 7) is 0. The molecule has 106 valence electrons. The van der Waals surface area contributed by atoms with Crippen molar-refractivity contribution in [3.05, 3.63) is 68.7 Å². The first-order chi connectivity index (χ1) is 9.52. The normalized spacial score (nSPS) is 12.4. The Balaban J connectivity index is 2.28. The molecule has 0 aliphatic heterocycles. The van der Waals surface area contributed by atoms with E-state index in [1.807, 2.05) is 0 Å². The van der Waals surface area contributed by atoms with Crippen LogP contribution in [0.25, 0.3) is 0 Å². The third kappa shape index (κ3) is 3.35. The monoisotopic (exact) mass is 360 g/mol. The lowest BCUT2D eigenvalue weighted by atomic mass is 9.99. The third-order valence-electron chi connectivity index (χ3n) is 2.98. The summed E-state index contributed by atoms with van der Waals surface area (Å²) in [5.74, 6) is 4.64. The number of rotatable bonds is 4. The summed E-state index contributed by atoms with van der Waals surface area (Å²) in [4.78, 5) is 0. The van der Waals surface area contributed by atoms with Crippen molar-refractivity contribution < 1.29 is 8.78 Å². The number of nitrogens with one attached hydrogen (secondary N) is 1. The van der Waals surface area contributed by atoms with Crippen molar-refractivity contribution in [1.29, 1.82) is 0 Å². The van der Waals surface area contributed by atoms with Gasteiger partial charge in [-0.15, -0.1) is 0 Å². The molecule has 2 nitrogen and oxygen atoms in total. The molecule has 0 heterocycles. The number of hydrogen-bond donors (Lipinski definition) is 2. The Morgan fingerprint density at radius 2 is 2.00 bits per heavy atom. The molecule has 0 aliphatic carbocycles. The molecular weight excluding hydrogens is 350 g/mol. The molecule has 0 radical (unpaired) electrons. The number of hydrogen-bond acceptors (Lipinski definition) is 2. The van der Waals surface area contributed by atoms with Crippen LogP contribution < -0.4 is 11.3 Å². The number of benzene rings is 2. The van der Waals surface area contributed by atoms with Crippen molar-refractivity contribution in [3.63, 3.8) is 0 Å². The summed E-state index contributed by atoms with van der Waals surface area (Å²) in [6.07, 6.45) is 0.393. The topological polar surface area (TPSA) is 38.0 Å². The molecule has 0 spiro atoms. The molecule has 6 heteroatoms. The SMILES string of the molecule is NNC(Cc1ccc(F)c(Cl)c1)c1cccc(Br)c1F. The van der Waals surface area contributed by atoms with Crippen LogP contribution in [0.3, 0.4) is 0 Å². The van der Waals surface area contributed by atoms with Crippen molar-refractivity contribution in [3.8, 4) is 0 Å². The van der Waals surface area contributed by atoms with Crippen LogP contribution in [-0.2, 0) is 6.42 Å². The lowest BCUT2D eigenvalue weighted by Gasteiger charge is -2.18. The van der Waals surface area contributed by atoms with Crippen LogP contribution in [0, 0.1) is 11.6 Å². The molecule has 0 fully saturated rings.